The molecule has 2 rings (SSSR count). The second-order valence-corrected chi connectivity index (χ2v) is 5.00. The molecule has 1 aliphatic heterocycles. The Balaban J connectivity index is 1.78. The van der Waals surface area contributed by atoms with E-state index in [0.717, 1.165) is 5.56 Å². The van der Waals surface area contributed by atoms with Gasteiger partial charge in [0, 0.05) is 25.3 Å². The molecule has 0 saturated heterocycles. The van der Waals surface area contributed by atoms with Gasteiger partial charge in [-0.05, 0) is 11.6 Å². The first kappa shape index (κ1) is 15.2. The lowest BCUT2D eigenvalue weighted by molar-refractivity contribution is -0.145. The fourth-order valence-corrected chi connectivity index (χ4v) is 2.15. The Labute approximate surface area is 123 Å². The minimum Gasteiger partial charge on any atom is -0.459 e. The maximum absolute atomic E-state index is 11.8. The molecule has 110 valence electrons. The van der Waals surface area contributed by atoms with Crippen molar-refractivity contribution in [2.24, 2.45) is 0 Å². The van der Waals surface area contributed by atoms with Crippen LogP contribution in [0.2, 0.25) is 0 Å². The van der Waals surface area contributed by atoms with E-state index >= 15 is 0 Å². The first-order valence-electron chi connectivity index (χ1n) is 6.94. The van der Waals surface area contributed by atoms with Gasteiger partial charge in [0.05, 0.1) is 6.10 Å². The zero-order valence-corrected chi connectivity index (χ0v) is 11.6. The second-order valence-electron chi connectivity index (χ2n) is 5.00. The van der Waals surface area contributed by atoms with Crippen molar-refractivity contribution in [1.29, 1.82) is 0 Å². The molecular formula is C17H18O4. The van der Waals surface area contributed by atoms with Crippen LogP contribution in [0.25, 0.3) is 6.08 Å². The summed E-state index contributed by atoms with van der Waals surface area (Å²) in [4.78, 5) is 22.8. The molecule has 1 N–H and O–H groups in total. The molecule has 0 aliphatic carbocycles. The van der Waals surface area contributed by atoms with Crippen LogP contribution < -0.4 is 0 Å². The minimum absolute atomic E-state index is 0.0289. The first-order valence-corrected chi connectivity index (χ1v) is 6.94. The molecule has 4 heteroatoms. The number of esters is 1. The summed E-state index contributed by atoms with van der Waals surface area (Å²) in [5.74, 6) is -0.544. The molecule has 1 aromatic carbocycles. The van der Waals surface area contributed by atoms with Gasteiger partial charge in [0.15, 0.2) is 5.78 Å². The third-order valence-corrected chi connectivity index (χ3v) is 3.17. The second kappa shape index (κ2) is 7.55. The molecule has 0 unspecified atom stereocenters. The minimum atomic E-state index is -0.803. The van der Waals surface area contributed by atoms with E-state index in [-0.39, 0.29) is 24.7 Å². The standard InChI is InChI=1S/C17H18O4/c18-14(10-9-13-5-2-1-3-6-13)11-15(19)12-16-7-4-8-17(20)21-16/h1-6,8-10,15-16,19H,7,11-12H2/b10-9+/t15-,16+/m0/s1. The van der Waals surface area contributed by atoms with E-state index in [4.69, 9.17) is 4.74 Å². The zero-order valence-electron chi connectivity index (χ0n) is 11.6. The molecule has 1 aliphatic rings. The molecule has 2 atom stereocenters. The van der Waals surface area contributed by atoms with Crippen LogP contribution >= 0.6 is 0 Å². The van der Waals surface area contributed by atoms with Crippen molar-refractivity contribution in [2.45, 2.75) is 31.5 Å². The molecule has 0 radical (unpaired) electrons. The van der Waals surface area contributed by atoms with Crippen molar-refractivity contribution in [3.63, 3.8) is 0 Å². The molecule has 0 aromatic heterocycles. The van der Waals surface area contributed by atoms with Gasteiger partial charge in [0.25, 0.3) is 0 Å². The van der Waals surface area contributed by atoms with Crippen LogP contribution in [0.1, 0.15) is 24.8 Å². The van der Waals surface area contributed by atoms with E-state index in [1.165, 1.54) is 12.2 Å². The smallest absolute Gasteiger partial charge is 0.330 e. The fourth-order valence-electron chi connectivity index (χ4n) is 2.15. The lowest BCUT2D eigenvalue weighted by Gasteiger charge is -2.20. The highest BCUT2D eigenvalue weighted by Gasteiger charge is 2.20. The Morgan fingerprint density at radius 3 is 2.86 bits per heavy atom. The van der Waals surface area contributed by atoms with Gasteiger partial charge in [-0.1, -0.05) is 42.5 Å². The van der Waals surface area contributed by atoms with Crippen LogP contribution in [-0.2, 0) is 14.3 Å². The van der Waals surface area contributed by atoms with Gasteiger partial charge < -0.3 is 9.84 Å². The monoisotopic (exact) mass is 286 g/mol. The largest absolute Gasteiger partial charge is 0.459 e. The summed E-state index contributed by atoms with van der Waals surface area (Å²) >= 11 is 0. The van der Waals surface area contributed by atoms with E-state index in [9.17, 15) is 14.7 Å². The summed E-state index contributed by atoms with van der Waals surface area (Å²) in [6, 6.07) is 9.48. The van der Waals surface area contributed by atoms with Gasteiger partial charge in [0.1, 0.15) is 6.10 Å². The number of ether oxygens (including phenoxy) is 1. The number of allylic oxidation sites excluding steroid dienone is 1. The van der Waals surface area contributed by atoms with Crippen molar-refractivity contribution >= 4 is 17.8 Å². The van der Waals surface area contributed by atoms with Crippen LogP contribution in [0.3, 0.4) is 0 Å². The van der Waals surface area contributed by atoms with E-state index in [1.54, 1.807) is 12.2 Å². The van der Waals surface area contributed by atoms with Crippen LogP contribution in [0.15, 0.2) is 48.6 Å². The summed E-state index contributed by atoms with van der Waals surface area (Å²) in [5, 5.41) is 9.89. The maximum Gasteiger partial charge on any atom is 0.330 e. The molecule has 1 heterocycles. The first-order chi connectivity index (χ1) is 10.1. The van der Waals surface area contributed by atoms with Gasteiger partial charge in [-0.3, -0.25) is 4.79 Å². The molecule has 1 aromatic rings. The van der Waals surface area contributed by atoms with Crippen molar-refractivity contribution in [3.05, 3.63) is 54.1 Å². The normalized spacial score (nSPS) is 19.5. The highest BCUT2D eigenvalue weighted by molar-refractivity contribution is 5.93. The molecule has 4 nitrogen and oxygen atoms in total. The van der Waals surface area contributed by atoms with E-state index < -0.39 is 12.1 Å². The number of hydrogen-bond donors (Lipinski definition) is 1. The number of aliphatic hydroxyl groups is 1. The van der Waals surface area contributed by atoms with Gasteiger partial charge in [-0.15, -0.1) is 0 Å². The Kier molecular flexibility index (Phi) is 5.46. The molecule has 0 saturated carbocycles. The predicted octanol–water partition coefficient (Wildman–Crippen LogP) is 2.28. The Morgan fingerprint density at radius 1 is 1.38 bits per heavy atom. The van der Waals surface area contributed by atoms with Crippen molar-refractivity contribution in [2.75, 3.05) is 0 Å². The third-order valence-electron chi connectivity index (χ3n) is 3.17. The van der Waals surface area contributed by atoms with Crippen molar-refractivity contribution in [3.8, 4) is 0 Å². The topological polar surface area (TPSA) is 63.6 Å². The SMILES string of the molecule is O=C(/C=C/c1ccccc1)C[C@H](O)C[C@H]1CC=CC(=O)O1. The van der Waals surface area contributed by atoms with Gasteiger partial charge >= 0.3 is 5.97 Å². The Morgan fingerprint density at radius 2 is 2.14 bits per heavy atom. The van der Waals surface area contributed by atoms with E-state index in [1.807, 2.05) is 30.3 Å². The highest BCUT2D eigenvalue weighted by atomic mass is 16.5. The maximum atomic E-state index is 11.8. The number of benzene rings is 1. The average molecular weight is 286 g/mol. The summed E-state index contributed by atoms with van der Waals surface area (Å²) in [6.45, 7) is 0. The van der Waals surface area contributed by atoms with Crippen molar-refractivity contribution in [1.82, 2.24) is 0 Å². The average Bonchev–Trinajstić information content (AvgIpc) is 2.46. The molecule has 0 bridgehead atoms. The Bertz CT molecular complexity index is 545. The van der Waals surface area contributed by atoms with Crippen LogP contribution in [0, 0.1) is 0 Å². The van der Waals surface area contributed by atoms with Crippen LogP contribution in [0.5, 0.6) is 0 Å². The molecule has 0 fully saturated rings. The lowest BCUT2D eigenvalue weighted by Crippen LogP contribution is -2.26. The summed E-state index contributed by atoms with van der Waals surface area (Å²) in [7, 11) is 0. The number of carbonyl (C=O) groups excluding carboxylic acids is 2. The fraction of sp³-hybridized carbons (Fsp3) is 0.294. The zero-order chi connectivity index (χ0) is 15.1. The third kappa shape index (κ3) is 5.36. The lowest BCUT2D eigenvalue weighted by atomic mass is 10.0. The van der Waals surface area contributed by atoms with E-state index in [0.29, 0.717) is 6.42 Å². The molecule has 0 amide bonds. The number of cyclic esters (lactones) is 1. The van der Waals surface area contributed by atoms with Gasteiger partial charge in [-0.2, -0.15) is 0 Å². The number of rotatable bonds is 6. The molecular weight excluding hydrogens is 268 g/mol. The van der Waals surface area contributed by atoms with Gasteiger partial charge in [-0.25, -0.2) is 4.79 Å². The Hall–Kier alpha value is -2.20. The number of carbonyl (C=O) groups is 2. The van der Waals surface area contributed by atoms with Crippen molar-refractivity contribution < 1.29 is 19.4 Å². The summed E-state index contributed by atoms with van der Waals surface area (Å²) in [6.07, 6.45) is 6.02. The highest BCUT2D eigenvalue weighted by Crippen LogP contribution is 2.15. The quantitative estimate of drug-likeness (QED) is 0.643. The number of ketones is 1. The predicted molar refractivity (Wildman–Crippen MR) is 79.4 cm³/mol. The number of aliphatic hydroxyl groups excluding tert-OH is 1. The summed E-state index contributed by atoms with van der Waals surface area (Å²) in [5.41, 5.74) is 0.937. The van der Waals surface area contributed by atoms with Crippen LogP contribution in [-0.4, -0.2) is 29.1 Å². The molecule has 21 heavy (non-hydrogen) atoms. The van der Waals surface area contributed by atoms with Gasteiger partial charge in [0.2, 0.25) is 0 Å². The van der Waals surface area contributed by atoms with Crippen LogP contribution in [0.4, 0.5) is 0 Å². The number of hydrogen-bond acceptors (Lipinski definition) is 4. The summed E-state index contributed by atoms with van der Waals surface area (Å²) < 4.78 is 5.05. The van der Waals surface area contributed by atoms with E-state index in [2.05, 4.69) is 0 Å². The molecule has 0 spiro atoms.